The highest BCUT2D eigenvalue weighted by Crippen LogP contribution is 2.45. The Labute approximate surface area is 86.7 Å². The number of rotatable bonds is 2. The van der Waals surface area contributed by atoms with Crippen molar-refractivity contribution in [2.24, 2.45) is 23.2 Å². The fourth-order valence-electron chi connectivity index (χ4n) is 2.72. The Morgan fingerprint density at radius 3 is 2.29 bits per heavy atom. The van der Waals surface area contributed by atoms with E-state index in [2.05, 4.69) is 27.7 Å². The van der Waals surface area contributed by atoms with Crippen LogP contribution >= 0.6 is 0 Å². The molecule has 1 aliphatic rings. The first kappa shape index (κ1) is 11.5. The van der Waals surface area contributed by atoms with Gasteiger partial charge in [-0.05, 0) is 36.5 Å². The quantitative estimate of drug-likeness (QED) is 0.740. The van der Waals surface area contributed by atoms with Gasteiger partial charge in [0.05, 0.1) is 5.92 Å². The van der Waals surface area contributed by atoms with Crippen molar-refractivity contribution in [1.29, 1.82) is 0 Å². The minimum atomic E-state index is -0.614. The van der Waals surface area contributed by atoms with Crippen LogP contribution in [0.15, 0.2) is 0 Å². The maximum atomic E-state index is 11.0. The van der Waals surface area contributed by atoms with E-state index in [1.807, 2.05) is 0 Å². The Kier molecular flexibility index (Phi) is 3.23. The summed E-state index contributed by atoms with van der Waals surface area (Å²) in [6.07, 6.45) is 2.99. The Morgan fingerprint density at radius 1 is 1.36 bits per heavy atom. The molecule has 0 spiro atoms. The van der Waals surface area contributed by atoms with E-state index in [0.717, 1.165) is 19.3 Å². The van der Waals surface area contributed by atoms with Gasteiger partial charge in [-0.25, -0.2) is 0 Å². The van der Waals surface area contributed by atoms with E-state index in [1.165, 1.54) is 0 Å². The third-order valence-corrected chi connectivity index (χ3v) is 3.80. The molecule has 0 heterocycles. The lowest BCUT2D eigenvalue weighted by molar-refractivity contribution is -0.148. The summed E-state index contributed by atoms with van der Waals surface area (Å²) in [7, 11) is 0. The van der Waals surface area contributed by atoms with Gasteiger partial charge in [0, 0.05) is 0 Å². The fraction of sp³-hybridized carbons (Fsp3) is 0.917. The van der Waals surface area contributed by atoms with Crippen LogP contribution in [0, 0.1) is 23.2 Å². The maximum absolute atomic E-state index is 11.0. The minimum absolute atomic E-state index is 0.0288. The Hall–Kier alpha value is -0.530. The van der Waals surface area contributed by atoms with E-state index >= 15 is 0 Å². The second-order valence-electron chi connectivity index (χ2n) is 5.66. The first-order chi connectivity index (χ1) is 6.34. The lowest BCUT2D eigenvalue weighted by atomic mass is 9.63. The van der Waals surface area contributed by atoms with E-state index < -0.39 is 5.97 Å². The van der Waals surface area contributed by atoms with Gasteiger partial charge < -0.3 is 5.11 Å². The van der Waals surface area contributed by atoms with Gasteiger partial charge in [-0.3, -0.25) is 4.79 Å². The summed E-state index contributed by atoms with van der Waals surface area (Å²) >= 11 is 0. The van der Waals surface area contributed by atoms with E-state index in [1.54, 1.807) is 0 Å². The average molecular weight is 198 g/mol. The summed E-state index contributed by atoms with van der Waals surface area (Å²) in [6.45, 7) is 8.67. The molecule has 0 amide bonds. The number of carboxylic acid groups (broad SMARTS) is 1. The average Bonchev–Trinajstić information content (AvgIpc) is 2.01. The lowest BCUT2D eigenvalue weighted by Crippen LogP contribution is -2.38. The molecule has 0 aromatic rings. The highest BCUT2D eigenvalue weighted by molar-refractivity contribution is 5.71. The third kappa shape index (κ3) is 2.28. The molecule has 0 radical (unpaired) electrons. The van der Waals surface area contributed by atoms with Crippen LogP contribution in [0.4, 0.5) is 0 Å². The van der Waals surface area contributed by atoms with Gasteiger partial charge in [-0.2, -0.15) is 0 Å². The molecule has 2 atom stereocenters. The Morgan fingerprint density at radius 2 is 1.93 bits per heavy atom. The zero-order valence-corrected chi connectivity index (χ0v) is 9.71. The molecule has 0 aromatic carbocycles. The van der Waals surface area contributed by atoms with Crippen LogP contribution in [-0.4, -0.2) is 11.1 Å². The first-order valence-corrected chi connectivity index (χ1v) is 5.57. The summed E-state index contributed by atoms with van der Waals surface area (Å²) in [5.41, 5.74) is -0.0288. The predicted molar refractivity (Wildman–Crippen MR) is 57.1 cm³/mol. The van der Waals surface area contributed by atoms with Crippen LogP contribution in [0.5, 0.6) is 0 Å². The highest BCUT2D eigenvalue weighted by Gasteiger charge is 2.41. The fourth-order valence-corrected chi connectivity index (χ4v) is 2.72. The summed E-state index contributed by atoms with van der Waals surface area (Å²) < 4.78 is 0. The third-order valence-electron chi connectivity index (χ3n) is 3.80. The van der Waals surface area contributed by atoms with Gasteiger partial charge in [-0.15, -0.1) is 0 Å². The number of hydrogen-bond donors (Lipinski definition) is 1. The van der Waals surface area contributed by atoms with Crippen LogP contribution in [0.3, 0.4) is 0 Å². The normalized spacial score (nSPS) is 31.8. The lowest BCUT2D eigenvalue weighted by Gasteiger charge is -2.41. The van der Waals surface area contributed by atoms with Gasteiger partial charge in [-0.1, -0.05) is 27.7 Å². The summed E-state index contributed by atoms with van der Waals surface area (Å²) in [5.74, 6) is 0.638. The summed E-state index contributed by atoms with van der Waals surface area (Å²) in [5, 5.41) is 9.10. The van der Waals surface area contributed by atoms with Gasteiger partial charge in [0.25, 0.3) is 0 Å². The molecule has 2 nitrogen and oxygen atoms in total. The molecule has 1 saturated carbocycles. The maximum Gasteiger partial charge on any atom is 0.307 e. The summed E-state index contributed by atoms with van der Waals surface area (Å²) in [6, 6.07) is 0. The van der Waals surface area contributed by atoms with Crippen LogP contribution in [0.25, 0.3) is 0 Å². The Balaban J connectivity index is 2.70. The molecular formula is C12H22O2. The van der Waals surface area contributed by atoms with Gasteiger partial charge in [0.1, 0.15) is 0 Å². The van der Waals surface area contributed by atoms with E-state index in [9.17, 15) is 4.79 Å². The monoisotopic (exact) mass is 198 g/mol. The van der Waals surface area contributed by atoms with Crippen LogP contribution < -0.4 is 0 Å². The van der Waals surface area contributed by atoms with Crippen LogP contribution in [0.1, 0.15) is 47.0 Å². The molecule has 1 rings (SSSR count). The molecule has 14 heavy (non-hydrogen) atoms. The van der Waals surface area contributed by atoms with E-state index in [4.69, 9.17) is 5.11 Å². The van der Waals surface area contributed by atoms with Crippen LogP contribution in [-0.2, 0) is 4.79 Å². The molecule has 0 bridgehead atoms. The minimum Gasteiger partial charge on any atom is -0.481 e. The van der Waals surface area contributed by atoms with Crippen molar-refractivity contribution in [1.82, 2.24) is 0 Å². The predicted octanol–water partition coefficient (Wildman–Crippen LogP) is 3.17. The van der Waals surface area contributed by atoms with E-state index in [-0.39, 0.29) is 11.3 Å². The number of carbonyl (C=O) groups is 1. The van der Waals surface area contributed by atoms with Crippen molar-refractivity contribution >= 4 is 5.97 Å². The summed E-state index contributed by atoms with van der Waals surface area (Å²) in [4.78, 5) is 11.0. The topological polar surface area (TPSA) is 37.3 Å². The Bertz CT molecular complexity index is 218. The van der Waals surface area contributed by atoms with Gasteiger partial charge in [0.15, 0.2) is 0 Å². The number of hydrogen-bond acceptors (Lipinski definition) is 1. The molecule has 1 N–H and O–H groups in total. The zero-order valence-electron chi connectivity index (χ0n) is 9.71. The van der Waals surface area contributed by atoms with Crippen molar-refractivity contribution in [3.8, 4) is 0 Å². The second kappa shape index (κ2) is 3.92. The molecule has 2 heteroatoms. The van der Waals surface area contributed by atoms with Crippen molar-refractivity contribution in [2.75, 3.05) is 0 Å². The standard InChI is InChI=1S/C12H22O2/c1-8(2)9-5-6-10(11(13)14)12(3,4)7-9/h8-10H,5-7H2,1-4H3,(H,13,14). The zero-order chi connectivity index (χ0) is 10.9. The van der Waals surface area contributed by atoms with Crippen molar-refractivity contribution < 1.29 is 9.90 Å². The van der Waals surface area contributed by atoms with Crippen molar-refractivity contribution in [3.05, 3.63) is 0 Å². The van der Waals surface area contributed by atoms with Crippen molar-refractivity contribution in [3.63, 3.8) is 0 Å². The molecule has 82 valence electrons. The van der Waals surface area contributed by atoms with Gasteiger partial charge in [0.2, 0.25) is 0 Å². The largest absolute Gasteiger partial charge is 0.481 e. The number of aliphatic carboxylic acids is 1. The smallest absolute Gasteiger partial charge is 0.307 e. The van der Waals surface area contributed by atoms with Crippen LogP contribution in [0.2, 0.25) is 0 Å². The molecule has 0 aliphatic heterocycles. The van der Waals surface area contributed by atoms with Crippen molar-refractivity contribution in [2.45, 2.75) is 47.0 Å². The molecule has 1 fully saturated rings. The molecular weight excluding hydrogens is 176 g/mol. The molecule has 2 unspecified atom stereocenters. The molecule has 0 aromatic heterocycles. The SMILES string of the molecule is CC(C)C1CCC(C(=O)O)C(C)(C)C1. The molecule has 0 saturated heterocycles. The highest BCUT2D eigenvalue weighted by atomic mass is 16.4. The van der Waals surface area contributed by atoms with Gasteiger partial charge >= 0.3 is 5.97 Å². The van der Waals surface area contributed by atoms with E-state index in [0.29, 0.717) is 11.8 Å². The molecule has 1 aliphatic carbocycles. The number of carboxylic acids is 1. The first-order valence-electron chi connectivity index (χ1n) is 5.57. The second-order valence-corrected chi connectivity index (χ2v) is 5.66.